The van der Waals surface area contributed by atoms with Crippen molar-refractivity contribution in [2.24, 2.45) is 0 Å². The predicted molar refractivity (Wildman–Crippen MR) is 89.3 cm³/mol. The molecule has 0 saturated heterocycles. The summed E-state index contributed by atoms with van der Waals surface area (Å²) < 4.78 is 6.00. The predicted octanol–water partition coefficient (Wildman–Crippen LogP) is 5.19. The number of para-hydroxylation sites is 1. The van der Waals surface area contributed by atoms with Gasteiger partial charge in [-0.2, -0.15) is 0 Å². The largest absolute Gasteiger partial charge is 0.455 e. The average molecular weight is 304 g/mol. The second kappa shape index (κ2) is 8.06. The third-order valence-electron chi connectivity index (χ3n) is 3.30. The highest BCUT2D eigenvalue weighted by Crippen LogP contribution is 2.33. The Bertz CT molecular complexity index is 566. The fourth-order valence-corrected chi connectivity index (χ4v) is 2.43. The van der Waals surface area contributed by atoms with Crippen LogP contribution in [0, 0.1) is 0 Å². The highest BCUT2D eigenvalue weighted by Gasteiger charge is 2.09. The van der Waals surface area contributed by atoms with Gasteiger partial charge in [-0.1, -0.05) is 56.1 Å². The first-order valence-electron chi connectivity index (χ1n) is 7.49. The Morgan fingerprint density at radius 1 is 1.05 bits per heavy atom. The van der Waals surface area contributed by atoms with Crippen LogP contribution in [0.25, 0.3) is 0 Å². The van der Waals surface area contributed by atoms with Gasteiger partial charge in [0.2, 0.25) is 0 Å². The fraction of sp³-hybridized carbons (Fsp3) is 0.333. The van der Waals surface area contributed by atoms with Crippen LogP contribution in [0.15, 0.2) is 42.5 Å². The standard InChI is InChI=1S/C18H22ClNO/c1-3-6-14-9-11-16(12-10-14)21-18-15(13-20-4-2)7-5-8-17(18)19/h5,7-12,20H,3-4,6,13H2,1-2H3. The summed E-state index contributed by atoms with van der Waals surface area (Å²) in [6, 6.07) is 14.1. The highest BCUT2D eigenvalue weighted by molar-refractivity contribution is 6.32. The SMILES string of the molecule is CCCc1ccc(Oc2c(Cl)cccc2CNCC)cc1. The molecule has 2 aromatic carbocycles. The number of hydrogen-bond donors (Lipinski definition) is 1. The molecule has 0 amide bonds. The molecule has 0 aromatic heterocycles. The smallest absolute Gasteiger partial charge is 0.150 e. The van der Waals surface area contributed by atoms with E-state index >= 15 is 0 Å². The summed E-state index contributed by atoms with van der Waals surface area (Å²) in [7, 11) is 0. The van der Waals surface area contributed by atoms with E-state index in [4.69, 9.17) is 16.3 Å². The molecule has 0 radical (unpaired) electrons. The molecule has 0 fully saturated rings. The zero-order chi connectivity index (χ0) is 15.1. The molecule has 2 rings (SSSR count). The second-order valence-corrected chi connectivity index (χ2v) is 5.41. The van der Waals surface area contributed by atoms with E-state index in [0.717, 1.165) is 43.0 Å². The van der Waals surface area contributed by atoms with Crippen LogP contribution in [0.2, 0.25) is 5.02 Å². The molecule has 2 nitrogen and oxygen atoms in total. The lowest BCUT2D eigenvalue weighted by Gasteiger charge is -2.13. The lowest BCUT2D eigenvalue weighted by Crippen LogP contribution is -2.12. The summed E-state index contributed by atoms with van der Waals surface area (Å²) in [6.07, 6.45) is 2.25. The van der Waals surface area contributed by atoms with Gasteiger partial charge in [-0.3, -0.25) is 0 Å². The third kappa shape index (κ3) is 4.48. The molecule has 0 aliphatic heterocycles. The van der Waals surface area contributed by atoms with Crippen LogP contribution >= 0.6 is 11.6 Å². The lowest BCUT2D eigenvalue weighted by molar-refractivity contribution is 0.473. The van der Waals surface area contributed by atoms with Crippen molar-refractivity contribution in [3.05, 3.63) is 58.6 Å². The Morgan fingerprint density at radius 3 is 2.48 bits per heavy atom. The Labute approximate surface area is 132 Å². The summed E-state index contributed by atoms with van der Waals surface area (Å²) >= 11 is 6.29. The van der Waals surface area contributed by atoms with E-state index in [2.05, 4.69) is 31.3 Å². The van der Waals surface area contributed by atoms with Crippen molar-refractivity contribution in [1.29, 1.82) is 0 Å². The maximum Gasteiger partial charge on any atom is 0.150 e. The first kappa shape index (κ1) is 15.9. The molecule has 0 atom stereocenters. The molecule has 1 N–H and O–H groups in total. The van der Waals surface area contributed by atoms with E-state index in [9.17, 15) is 0 Å². The molecule has 0 spiro atoms. The van der Waals surface area contributed by atoms with Crippen molar-refractivity contribution in [3.63, 3.8) is 0 Å². The minimum absolute atomic E-state index is 0.642. The van der Waals surface area contributed by atoms with Gasteiger partial charge in [0, 0.05) is 12.1 Å². The van der Waals surface area contributed by atoms with Gasteiger partial charge in [0.15, 0.2) is 0 Å². The Hall–Kier alpha value is -1.51. The first-order chi connectivity index (χ1) is 10.2. The molecular weight excluding hydrogens is 282 g/mol. The van der Waals surface area contributed by atoms with Gasteiger partial charge >= 0.3 is 0 Å². The molecule has 112 valence electrons. The van der Waals surface area contributed by atoms with Gasteiger partial charge in [0.1, 0.15) is 11.5 Å². The van der Waals surface area contributed by atoms with Crippen molar-refractivity contribution >= 4 is 11.6 Å². The first-order valence-corrected chi connectivity index (χ1v) is 7.87. The van der Waals surface area contributed by atoms with Crippen LogP contribution in [-0.2, 0) is 13.0 Å². The van der Waals surface area contributed by atoms with E-state index in [1.807, 2.05) is 30.3 Å². The molecule has 0 aliphatic carbocycles. The van der Waals surface area contributed by atoms with Gasteiger partial charge in [-0.05, 0) is 36.7 Å². The normalized spacial score (nSPS) is 10.6. The summed E-state index contributed by atoms with van der Waals surface area (Å²) in [5, 5.41) is 3.95. The molecule has 0 unspecified atom stereocenters. The monoisotopic (exact) mass is 303 g/mol. The zero-order valence-corrected chi connectivity index (χ0v) is 13.4. The van der Waals surface area contributed by atoms with Gasteiger partial charge in [0.25, 0.3) is 0 Å². The number of aryl methyl sites for hydroxylation is 1. The summed E-state index contributed by atoms with van der Waals surface area (Å²) in [5.41, 5.74) is 2.40. The van der Waals surface area contributed by atoms with Crippen molar-refractivity contribution in [1.82, 2.24) is 5.32 Å². The molecular formula is C18H22ClNO. The maximum atomic E-state index is 6.29. The average Bonchev–Trinajstić information content (AvgIpc) is 2.50. The maximum absolute atomic E-state index is 6.29. The number of halogens is 1. The molecule has 0 bridgehead atoms. The number of hydrogen-bond acceptors (Lipinski definition) is 2. The van der Waals surface area contributed by atoms with Gasteiger partial charge in [0.05, 0.1) is 5.02 Å². The van der Waals surface area contributed by atoms with Gasteiger partial charge in [-0.25, -0.2) is 0 Å². The summed E-state index contributed by atoms with van der Waals surface area (Å²) in [5.74, 6) is 1.56. The third-order valence-corrected chi connectivity index (χ3v) is 3.59. The second-order valence-electron chi connectivity index (χ2n) is 5.00. The van der Waals surface area contributed by atoms with E-state index in [-0.39, 0.29) is 0 Å². The van der Waals surface area contributed by atoms with Crippen LogP contribution in [0.5, 0.6) is 11.5 Å². The number of ether oxygens (including phenoxy) is 1. The summed E-state index contributed by atoms with van der Waals surface area (Å²) in [6.45, 7) is 5.93. The number of rotatable bonds is 7. The lowest BCUT2D eigenvalue weighted by atomic mass is 10.1. The van der Waals surface area contributed by atoms with Gasteiger partial charge in [-0.15, -0.1) is 0 Å². The zero-order valence-electron chi connectivity index (χ0n) is 12.7. The van der Waals surface area contributed by atoms with Gasteiger partial charge < -0.3 is 10.1 Å². The van der Waals surface area contributed by atoms with Crippen LogP contribution in [-0.4, -0.2) is 6.54 Å². The van der Waals surface area contributed by atoms with Crippen LogP contribution in [0.3, 0.4) is 0 Å². The minimum Gasteiger partial charge on any atom is -0.455 e. The fourth-order valence-electron chi connectivity index (χ4n) is 2.20. The highest BCUT2D eigenvalue weighted by atomic mass is 35.5. The Kier molecular flexibility index (Phi) is 6.09. The topological polar surface area (TPSA) is 21.3 Å². The Morgan fingerprint density at radius 2 is 1.81 bits per heavy atom. The van der Waals surface area contributed by atoms with E-state index < -0.39 is 0 Å². The molecule has 0 saturated carbocycles. The number of nitrogens with one attached hydrogen (secondary N) is 1. The van der Waals surface area contributed by atoms with E-state index in [0.29, 0.717) is 5.02 Å². The minimum atomic E-state index is 0.642. The Balaban J connectivity index is 2.17. The van der Waals surface area contributed by atoms with E-state index in [1.165, 1.54) is 5.56 Å². The molecule has 0 heterocycles. The summed E-state index contributed by atoms with van der Waals surface area (Å²) in [4.78, 5) is 0. The van der Waals surface area contributed by atoms with Crippen molar-refractivity contribution < 1.29 is 4.74 Å². The molecule has 21 heavy (non-hydrogen) atoms. The number of benzene rings is 2. The molecule has 2 aromatic rings. The van der Waals surface area contributed by atoms with Crippen LogP contribution in [0.1, 0.15) is 31.4 Å². The van der Waals surface area contributed by atoms with Crippen LogP contribution in [0.4, 0.5) is 0 Å². The molecule has 0 aliphatic rings. The molecule has 3 heteroatoms. The quantitative estimate of drug-likeness (QED) is 0.759. The van der Waals surface area contributed by atoms with Crippen molar-refractivity contribution in [2.45, 2.75) is 33.2 Å². The van der Waals surface area contributed by atoms with Crippen molar-refractivity contribution in [3.8, 4) is 11.5 Å². The van der Waals surface area contributed by atoms with Crippen LogP contribution < -0.4 is 10.1 Å². The van der Waals surface area contributed by atoms with Crippen molar-refractivity contribution in [2.75, 3.05) is 6.54 Å². The van der Waals surface area contributed by atoms with E-state index in [1.54, 1.807) is 0 Å².